The number of piperazine rings is 1. The van der Waals surface area contributed by atoms with Gasteiger partial charge in [-0.1, -0.05) is 23.2 Å². The molecule has 1 saturated heterocycles. The molecule has 0 N–H and O–H groups in total. The summed E-state index contributed by atoms with van der Waals surface area (Å²) in [7, 11) is 1.70. The number of hydrogen-bond donors (Lipinski definition) is 0. The molecule has 0 spiro atoms. The Kier molecular flexibility index (Phi) is 6.38. The van der Waals surface area contributed by atoms with E-state index >= 15 is 0 Å². The molecule has 1 aliphatic rings. The van der Waals surface area contributed by atoms with Crippen LogP contribution in [0.2, 0.25) is 10.0 Å². The molecular formula is C22H21Cl2N5O4. The maximum atomic E-state index is 12.9. The van der Waals surface area contributed by atoms with Crippen LogP contribution in [0.15, 0.2) is 41.2 Å². The van der Waals surface area contributed by atoms with Gasteiger partial charge in [0.1, 0.15) is 10.8 Å². The number of nitro benzene ring substituents is 1. The fourth-order valence-electron chi connectivity index (χ4n) is 4.08. The van der Waals surface area contributed by atoms with Crippen molar-refractivity contribution in [3.8, 4) is 0 Å². The summed E-state index contributed by atoms with van der Waals surface area (Å²) in [6.45, 7) is 3.97. The molecule has 1 unspecified atom stereocenters. The average Bonchev–Trinajstić information content (AvgIpc) is 2.80. The fraction of sp³-hybridized carbons (Fsp3) is 0.318. The Morgan fingerprint density at radius 2 is 1.82 bits per heavy atom. The molecule has 2 aromatic carbocycles. The van der Waals surface area contributed by atoms with Crippen molar-refractivity contribution in [2.45, 2.75) is 13.0 Å². The van der Waals surface area contributed by atoms with E-state index in [2.05, 4.69) is 9.88 Å². The Morgan fingerprint density at radius 3 is 2.48 bits per heavy atom. The van der Waals surface area contributed by atoms with Crippen molar-refractivity contribution in [3.63, 3.8) is 0 Å². The molecule has 1 amide bonds. The molecule has 1 aliphatic heterocycles. The molecule has 0 aliphatic carbocycles. The zero-order valence-electron chi connectivity index (χ0n) is 18.0. The Labute approximate surface area is 199 Å². The Morgan fingerprint density at radius 1 is 1.12 bits per heavy atom. The summed E-state index contributed by atoms with van der Waals surface area (Å²) < 4.78 is 1.55. The predicted molar refractivity (Wildman–Crippen MR) is 126 cm³/mol. The summed E-state index contributed by atoms with van der Waals surface area (Å²) in [5.74, 6) is 0.329. The summed E-state index contributed by atoms with van der Waals surface area (Å²) in [6.07, 6.45) is 0. The van der Waals surface area contributed by atoms with Gasteiger partial charge in [0, 0.05) is 49.9 Å². The number of aromatic nitrogens is 2. The van der Waals surface area contributed by atoms with Gasteiger partial charge in [-0.2, -0.15) is 0 Å². The standard InChI is InChI=1S/C22H21Cl2N5O4/c1-13(20-25-18-12-15(23)4-5-16(18)22(31)26(20)2)27-7-9-28(10-8-27)21(30)14-3-6-17(24)19(11-14)29(32)33/h3-6,11-13H,7-10H2,1-2H3. The predicted octanol–water partition coefficient (Wildman–Crippen LogP) is 3.67. The zero-order chi connectivity index (χ0) is 23.9. The van der Waals surface area contributed by atoms with Crippen LogP contribution in [0.4, 0.5) is 5.69 Å². The second-order valence-corrected chi connectivity index (χ2v) is 8.77. The van der Waals surface area contributed by atoms with Gasteiger partial charge in [0.05, 0.1) is 21.9 Å². The highest BCUT2D eigenvalue weighted by molar-refractivity contribution is 6.32. The molecule has 1 aromatic heterocycles. The number of nitro groups is 1. The summed E-state index contributed by atoms with van der Waals surface area (Å²) in [5.41, 5.74) is 0.337. The van der Waals surface area contributed by atoms with Crippen molar-refractivity contribution < 1.29 is 9.72 Å². The molecular weight excluding hydrogens is 469 g/mol. The minimum atomic E-state index is -0.604. The van der Waals surface area contributed by atoms with E-state index in [0.29, 0.717) is 47.9 Å². The molecule has 0 radical (unpaired) electrons. The average molecular weight is 490 g/mol. The maximum Gasteiger partial charge on any atom is 0.288 e. The quantitative estimate of drug-likeness (QED) is 0.409. The Bertz CT molecular complexity index is 1320. The van der Waals surface area contributed by atoms with Gasteiger partial charge in [-0.3, -0.25) is 29.2 Å². The molecule has 2 heterocycles. The zero-order valence-corrected chi connectivity index (χ0v) is 19.5. The van der Waals surface area contributed by atoms with Crippen LogP contribution in [0, 0.1) is 10.1 Å². The maximum absolute atomic E-state index is 12.9. The van der Waals surface area contributed by atoms with Gasteiger partial charge >= 0.3 is 0 Å². The van der Waals surface area contributed by atoms with Crippen molar-refractivity contribution in [1.29, 1.82) is 0 Å². The van der Waals surface area contributed by atoms with E-state index in [0.717, 1.165) is 0 Å². The number of benzene rings is 2. The van der Waals surface area contributed by atoms with Crippen molar-refractivity contribution in [2.75, 3.05) is 26.2 Å². The van der Waals surface area contributed by atoms with E-state index in [-0.39, 0.29) is 33.8 Å². The van der Waals surface area contributed by atoms with Crippen molar-refractivity contribution >= 4 is 45.7 Å². The van der Waals surface area contributed by atoms with Gasteiger partial charge in [0.25, 0.3) is 17.2 Å². The van der Waals surface area contributed by atoms with Crippen molar-refractivity contribution in [2.24, 2.45) is 7.05 Å². The van der Waals surface area contributed by atoms with Gasteiger partial charge in [-0.05, 0) is 37.3 Å². The number of halogens is 2. The topological polar surface area (TPSA) is 102 Å². The first-order chi connectivity index (χ1) is 15.7. The lowest BCUT2D eigenvalue weighted by Crippen LogP contribution is -2.49. The number of hydrogen-bond acceptors (Lipinski definition) is 6. The van der Waals surface area contributed by atoms with Crippen LogP contribution in [0.1, 0.15) is 29.1 Å². The SMILES string of the molecule is CC(c1nc2cc(Cl)ccc2c(=O)n1C)N1CCN(C(=O)c2ccc(Cl)c([N+](=O)[O-])c2)CC1. The van der Waals surface area contributed by atoms with E-state index in [1.165, 1.54) is 18.2 Å². The van der Waals surface area contributed by atoms with Crippen LogP contribution in [0.25, 0.3) is 10.9 Å². The number of fused-ring (bicyclic) bond motifs is 1. The molecule has 3 aromatic rings. The van der Waals surface area contributed by atoms with Gasteiger partial charge in [-0.15, -0.1) is 0 Å². The van der Waals surface area contributed by atoms with Gasteiger partial charge in [-0.25, -0.2) is 4.98 Å². The molecule has 11 heteroatoms. The van der Waals surface area contributed by atoms with Crippen LogP contribution in [-0.2, 0) is 7.05 Å². The first kappa shape index (κ1) is 23.2. The Balaban J connectivity index is 1.51. The highest BCUT2D eigenvalue weighted by Gasteiger charge is 2.28. The van der Waals surface area contributed by atoms with Gasteiger partial charge < -0.3 is 4.90 Å². The molecule has 33 heavy (non-hydrogen) atoms. The van der Waals surface area contributed by atoms with Crippen LogP contribution in [0.5, 0.6) is 0 Å². The first-order valence-corrected chi connectivity index (χ1v) is 11.1. The molecule has 1 fully saturated rings. The van der Waals surface area contributed by atoms with Crippen LogP contribution >= 0.6 is 23.2 Å². The second kappa shape index (κ2) is 9.09. The lowest BCUT2D eigenvalue weighted by atomic mass is 10.1. The van der Waals surface area contributed by atoms with Crippen molar-refractivity contribution in [1.82, 2.24) is 19.4 Å². The molecule has 0 bridgehead atoms. The minimum absolute atomic E-state index is 0.00928. The third-order valence-electron chi connectivity index (χ3n) is 5.99. The van der Waals surface area contributed by atoms with E-state index in [1.54, 1.807) is 34.7 Å². The molecule has 0 saturated carbocycles. The minimum Gasteiger partial charge on any atom is -0.336 e. The molecule has 9 nitrogen and oxygen atoms in total. The lowest BCUT2D eigenvalue weighted by molar-refractivity contribution is -0.384. The number of carbonyl (C=O) groups excluding carboxylic acids is 1. The number of rotatable bonds is 4. The first-order valence-electron chi connectivity index (χ1n) is 10.3. The monoisotopic (exact) mass is 489 g/mol. The highest BCUT2D eigenvalue weighted by Crippen LogP contribution is 2.27. The Hall–Kier alpha value is -3.01. The summed E-state index contributed by atoms with van der Waals surface area (Å²) in [5, 5.41) is 12.1. The van der Waals surface area contributed by atoms with E-state index in [4.69, 9.17) is 23.2 Å². The summed E-state index contributed by atoms with van der Waals surface area (Å²) in [6, 6.07) is 8.92. The summed E-state index contributed by atoms with van der Waals surface area (Å²) in [4.78, 5) is 44.7. The van der Waals surface area contributed by atoms with Crippen molar-refractivity contribution in [3.05, 3.63) is 78.3 Å². The van der Waals surface area contributed by atoms with Gasteiger partial charge in [0.15, 0.2) is 0 Å². The number of nitrogens with zero attached hydrogens (tertiary/aromatic N) is 5. The highest BCUT2D eigenvalue weighted by atomic mass is 35.5. The molecule has 172 valence electrons. The fourth-order valence-corrected chi connectivity index (χ4v) is 4.43. The second-order valence-electron chi connectivity index (χ2n) is 7.92. The number of carbonyl (C=O) groups is 1. The molecule has 1 atom stereocenters. The third-order valence-corrected chi connectivity index (χ3v) is 6.54. The van der Waals surface area contributed by atoms with Crippen LogP contribution < -0.4 is 5.56 Å². The lowest BCUT2D eigenvalue weighted by Gasteiger charge is -2.38. The largest absolute Gasteiger partial charge is 0.336 e. The van der Waals surface area contributed by atoms with E-state index in [9.17, 15) is 19.7 Å². The normalized spacial score (nSPS) is 15.6. The van der Waals surface area contributed by atoms with Gasteiger partial charge in [0.2, 0.25) is 0 Å². The molecule has 4 rings (SSSR count). The van der Waals surface area contributed by atoms with E-state index < -0.39 is 4.92 Å². The third kappa shape index (κ3) is 4.44. The van der Waals surface area contributed by atoms with E-state index in [1.807, 2.05) is 6.92 Å². The summed E-state index contributed by atoms with van der Waals surface area (Å²) >= 11 is 11.9. The van der Waals surface area contributed by atoms with Crippen LogP contribution in [0.3, 0.4) is 0 Å². The smallest absolute Gasteiger partial charge is 0.288 e. The van der Waals surface area contributed by atoms with Crippen LogP contribution in [-0.4, -0.2) is 56.4 Å². The number of amides is 1.